The minimum absolute atomic E-state index is 0.0927. The number of alkyl halides is 3. The molecule has 23 heavy (non-hydrogen) atoms. The molecule has 134 valence electrons. The molecule has 1 rings (SSSR count). The lowest BCUT2D eigenvalue weighted by Crippen LogP contribution is -2.37. The van der Waals surface area contributed by atoms with Crippen LogP contribution < -0.4 is 5.32 Å². The van der Waals surface area contributed by atoms with Crippen molar-refractivity contribution in [2.24, 2.45) is 11.8 Å². The number of nitrogens with one attached hydrogen (secondary N) is 1. The number of carbonyl (C=O) groups excluding carboxylic acids is 1. The van der Waals surface area contributed by atoms with Crippen LogP contribution in [-0.4, -0.2) is 29.7 Å². The molecule has 0 spiro atoms. The van der Waals surface area contributed by atoms with Crippen LogP contribution in [0.5, 0.6) is 0 Å². The first kappa shape index (κ1) is 19.8. The Morgan fingerprint density at radius 2 is 1.70 bits per heavy atom. The van der Waals surface area contributed by atoms with Crippen molar-refractivity contribution >= 4 is 11.9 Å². The van der Waals surface area contributed by atoms with Crippen molar-refractivity contribution in [3.63, 3.8) is 0 Å². The summed E-state index contributed by atoms with van der Waals surface area (Å²) in [6.45, 7) is 0.477. The number of hydrogen-bond acceptors (Lipinski definition) is 2. The van der Waals surface area contributed by atoms with Crippen molar-refractivity contribution in [2.45, 2.75) is 70.4 Å². The molecule has 0 saturated heterocycles. The topological polar surface area (TPSA) is 66.4 Å². The highest BCUT2D eigenvalue weighted by molar-refractivity contribution is 5.78. The number of carbonyl (C=O) groups is 2. The number of amides is 1. The first-order valence-corrected chi connectivity index (χ1v) is 8.37. The first-order valence-electron chi connectivity index (χ1n) is 8.37. The summed E-state index contributed by atoms with van der Waals surface area (Å²) < 4.78 is 38.1. The molecule has 2 atom stereocenters. The Kier molecular flexibility index (Phi) is 8.41. The molecule has 7 heteroatoms. The van der Waals surface area contributed by atoms with E-state index in [1.165, 1.54) is 0 Å². The lowest BCUT2D eigenvalue weighted by Gasteiger charge is -2.29. The van der Waals surface area contributed by atoms with E-state index < -0.39 is 24.0 Å². The molecule has 1 saturated carbocycles. The zero-order valence-corrected chi connectivity index (χ0v) is 13.3. The Balaban J connectivity index is 2.11. The average molecular weight is 337 g/mol. The van der Waals surface area contributed by atoms with Gasteiger partial charge < -0.3 is 10.4 Å². The third-order valence-electron chi connectivity index (χ3n) is 4.37. The minimum Gasteiger partial charge on any atom is -0.481 e. The molecular weight excluding hydrogens is 311 g/mol. The maximum atomic E-state index is 12.7. The summed E-state index contributed by atoms with van der Waals surface area (Å²) in [6.07, 6.45) is 1.06. The Morgan fingerprint density at radius 1 is 1.04 bits per heavy atom. The second-order valence-corrected chi connectivity index (χ2v) is 6.30. The number of carboxylic acid groups (broad SMARTS) is 1. The van der Waals surface area contributed by atoms with Gasteiger partial charge in [-0.15, -0.1) is 0 Å². The normalized spacial score (nSPS) is 21.9. The predicted molar refractivity (Wildman–Crippen MR) is 79.9 cm³/mol. The van der Waals surface area contributed by atoms with Crippen molar-refractivity contribution in [3.05, 3.63) is 0 Å². The number of carboxylic acids is 1. The Hall–Kier alpha value is -1.27. The van der Waals surface area contributed by atoms with Crippen LogP contribution in [0.25, 0.3) is 0 Å². The molecule has 1 aliphatic rings. The molecule has 0 aromatic heterocycles. The number of rotatable bonds is 9. The quantitative estimate of drug-likeness (QED) is 0.627. The molecule has 1 amide bonds. The number of unbranched alkanes of at least 4 members (excludes halogenated alkanes) is 4. The van der Waals surface area contributed by atoms with E-state index >= 15 is 0 Å². The molecule has 2 unspecified atom stereocenters. The summed E-state index contributed by atoms with van der Waals surface area (Å²) in [5, 5.41) is 11.2. The highest BCUT2D eigenvalue weighted by Crippen LogP contribution is 2.39. The van der Waals surface area contributed by atoms with Crippen molar-refractivity contribution in [3.8, 4) is 0 Å². The zero-order chi connectivity index (χ0) is 17.3. The van der Waals surface area contributed by atoms with Crippen LogP contribution >= 0.6 is 0 Å². The van der Waals surface area contributed by atoms with Gasteiger partial charge in [0.25, 0.3) is 0 Å². The molecule has 0 aromatic rings. The first-order chi connectivity index (χ1) is 10.8. The van der Waals surface area contributed by atoms with Crippen LogP contribution in [-0.2, 0) is 9.59 Å². The second kappa shape index (κ2) is 9.78. The molecule has 2 N–H and O–H groups in total. The van der Waals surface area contributed by atoms with Crippen LogP contribution in [0.3, 0.4) is 0 Å². The van der Waals surface area contributed by atoms with Gasteiger partial charge in [0.05, 0.1) is 5.92 Å². The molecule has 1 aliphatic carbocycles. The van der Waals surface area contributed by atoms with Crippen LogP contribution in [0.4, 0.5) is 13.2 Å². The van der Waals surface area contributed by atoms with Gasteiger partial charge in [0.2, 0.25) is 5.91 Å². The summed E-state index contributed by atoms with van der Waals surface area (Å²) in [6, 6.07) is 0. The van der Waals surface area contributed by atoms with E-state index in [0.29, 0.717) is 25.8 Å². The minimum atomic E-state index is -4.20. The van der Waals surface area contributed by atoms with Crippen molar-refractivity contribution in [1.82, 2.24) is 5.32 Å². The molecular formula is C16H26F3NO3. The van der Waals surface area contributed by atoms with E-state index in [9.17, 15) is 22.8 Å². The van der Waals surface area contributed by atoms with Gasteiger partial charge in [0.1, 0.15) is 0 Å². The molecule has 1 fully saturated rings. The number of aliphatic carboxylic acids is 1. The lowest BCUT2D eigenvalue weighted by atomic mass is 9.80. The van der Waals surface area contributed by atoms with Crippen molar-refractivity contribution < 1.29 is 27.9 Å². The molecule has 4 nitrogen and oxygen atoms in total. The van der Waals surface area contributed by atoms with Crippen LogP contribution in [0.15, 0.2) is 0 Å². The van der Waals surface area contributed by atoms with E-state index in [0.717, 1.165) is 25.7 Å². The van der Waals surface area contributed by atoms with Gasteiger partial charge in [0, 0.05) is 18.9 Å². The molecule has 0 aliphatic heterocycles. The zero-order valence-electron chi connectivity index (χ0n) is 13.3. The van der Waals surface area contributed by atoms with Crippen molar-refractivity contribution in [1.29, 1.82) is 0 Å². The number of hydrogen-bond donors (Lipinski definition) is 2. The fourth-order valence-electron chi connectivity index (χ4n) is 3.01. The van der Waals surface area contributed by atoms with Gasteiger partial charge in [-0.05, 0) is 32.1 Å². The Bertz CT molecular complexity index is 385. The average Bonchev–Trinajstić information content (AvgIpc) is 2.48. The molecule has 0 bridgehead atoms. The van der Waals surface area contributed by atoms with Crippen LogP contribution in [0, 0.1) is 11.8 Å². The highest BCUT2D eigenvalue weighted by atomic mass is 19.4. The highest BCUT2D eigenvalue weighted by Gasteiger charge is 2.43. The summed E-state index contributed by atoms with van der Waals surface area (Å²) in [5.74, 6) is -2.92. The Labute approximate surface area is 134 Å². The maximum Gasteiger partial charge on any atom is 0.391 e. The van der Waals surface area contributed by atoms with Gasteiger partial charge in [0.15, 0.2) is 0 Å². The SMILES string of the molecule is O=C(O)CCCCCCCNC(=O)C1CCCC(C(F)(F)F)C1. The van der Waals surface area contributed by atoms with Gasteiger partial charge in [-0.3, -0.25) is 9.59 Å². The Morgan fingerprint density at radius 3 is 2.35 bits per heavy atom. The van der Waals surface area contributed by atoms with E-state index in [-0.39, 0.29) is 25.2 Å². The van der Waals surface area contributed by atoms with Crippen LogP contribution in [0.2, 0.25) is 0 Å². The summed E-state index contributed by atoms with van der Waals surface area (Å²) in [7, 11) is 0. The van der Waals surface area contributed by atoms with E-state index in [1.54, 1.807) is 0 Å². The third kappa shape index (κ3) is 8.23. The number of halogens is 3. The second-order valence-electron chi connectivity index (χ2n) is 6.30. The van der Waals surface area contributed by atoms with E-state index in [4.69, 9.17) is 5.11 Å². The van der Waals surface area contributed by atoms with Gasteiger partial charge in [-0.2, -0.15) is 13.2 Å². The monoisotopic (exact) mass is 337 g/mol. The lowest BCUT2D eigenvalue weighted by molar-refractivity contribution is -0.186. The smallest absolute Gasteiger partial charge is 0.391 e. The van der Waals surface area contributed by atoms with Gasteiger partial charge >= 0.3 is 12.1 Å². The molecule has 0 radical (unpaired) electrons. The van der Waals surface area contributed by atoms with Crippen LogP contribution in [0.1, 0.15) is 64.2 Å². The van der Waals surface area contributed by atoms with Crippen molar-refractivity contribution in [2.75, 3.05) is 6.54 Å². The maximum absolute atomic E-state index is 12.7. The fourth-order valence-corrected chi connectivity index (χ4v) is 3.01. The largest absolute Gasteiger partial charge is 0.481 e. The van der Waals surface area contributed by atoms with E-state index in [2.05, 4.69) is 5.32 Å². The summed E-state index contributed by atoms with van der Waals surface area (Å²) in [5.41, 5.74) is 0. The van der Waals surface area contributed by atoms with Gasteiger partial charge in [-0.1, -0.05) is 25.7 Å². The predicted octanol–water partition coefficient (Wildman–Crippen LogP) is 3.90. The van der Waals surface area contributed by atoms with E-state index in [1.807, 2.05) is 0 Å². The molecule has 0 aromatic carbocycles. The molecule has 0 heterocycles. The third-order valence-corrected chi connectivity index (χ3v) is 4.37. The fraction of sp³-hybridized carbons (Fsp3) is 0.875. The standard InChI is InChI=1S/C16H26F3NO3/c17-16(18,19)13-8-6-7-12(11-13)15(23)20-10-5-3-1-2-4-9-14(21)22/h12-13H,1-11H2,(H,20,23)(H,21,22). The summed E-state index contributed by atoms with van der Waals surface area (Å²) in [4.78, 5) is 22.3. The summed E-state index contributed by atoms with van der Waals surface area (Å²) >= 11 is 0. The van der Waals surface area contributed by atoms with Gasteiger partial charge in [-0.25, -0.2) is 0 Å².